The first-order valence-corrected chi connectivity index (χ1v) is 6.72. The third-order valence-electron chi connectivity index (χ3n) is 2.25. The molecule has 0 bridgehead atoms. The molecule has 0 fully saturated rings. The number of rotatable bonds is 4. The first-order valence-electron chi connectivity index (χ1n) is 5.36. The van der Waals surface area contributed by atoms with E-state index in [0.29, 0.717) is 33.5 Å². The van der Waals surface area contributed by atoms with Crippen LogP contribution in [0.4, 0.5) is 0 Å². The zero-order valence-corrected chi connectivity index (χ0v) is 12.0. The van der Waals surface area contributed by atoms with Crippen molar-refractivity contribution in [2.75, 3.05) is 12.4 Å². The maximum absolute atomic E-state index is 11.3. The van der Waals surface area contributed by atoms with Gasteiger partial charge in [-0.05, 0) is 26.3 Å². The number of carbonyl (C=O) groups is 1. The first kappa shape index (κ1) is 14.8. The van der Waals surface area contributed by atoms with Crippen LogP contribution in [0.25, 0.3) is 0 Å². The molecule has 1 aromatic rings. The monoisotopic (exact) mass is 284 g/mol. The molecule has 0 saturated heterocycles. The van der Waals surface area contributed by atoms with Gasteiger partial charge in [0.25, 0.3) is 0 Å². The molecule has 96 valence electrons. The van der Waals surface area contributed by atoms with Crippen LogP contribution in [0.5, 0.6) is 0 Å². The molecular formula is C12H13ClN2O2S. The number of nitriles is 1. The molecular weight excluding hydrogens is 272 g/mol. The van der Waals surface area contributed by atoms with Gasteiger partial charge in [-0.1, -0.05) is 23.4 Å². The maximum Gasteiger partial charge on any atom is 0.316 e. The Morgan fingerprint density at radius 2 is 2.22 bits per heavy atom. The minimum absolute atomic E-state index is 0.135. The molecule has 0 aliphatic heterocycles. The summed E-state index contributed by atoms with van der Waals surface area (Å²) < 4.78 is 4.82. The molecule has 4 nitrogen and oxygen atoms in total. The van der Waals surface area contributed by atoms with Gasteiger partial charge in [0.05, 0.1) is 28.6 Å². The Morgan fingerprint density at radius 1 is 1.56 bits per heavy atom. The lowest BCUT2D eigenvalue weighted by molar-refractivity contribution is -0.139. The summed E-state index contributed by atoms with van der Waals surface area (Å²) in [6, 6.07) is 2.07. The highest BCUT2D eigenvalue weighted by Gasteiger charge is 2.15. The lowest BCUT2D eigenvalue weighted by Crippen LogP contribution is -2.07. The second kappa shape index (κ2) is 6.62. The summed E-state index contributed by atoms with van der Waals surface area (Å²) in [6.45, 7) is 5.63. The van der Waals surface area contributed by atoms with E-state index >= 15 is 0 Å². The summed E-state index contributed by atoms with van der Waals surface area (Å²) in [4.78, 5) is 15.5. The van der Waals surface area contributed by atoms with Crippen molar-refractivity contribution in [2.45, 2.75) is 25.8 Å². The lowest BCUT2D eigenvalue weighted by Gasteiger charge is -2.09. The van der Waals surface area contributed by atoms with E-state index in [1.807, 2.05) is 0 Å². The van der Waals surface area contributed by atoms with Gasteiger partial charge in [0, 0.05) is 0 Å². The average Bonchev–Trinajstić information content (AvgIpc) is 2.34. The summed E-state index contributed by atoms with van der Waals surface area (Å²) in [5, 5.41) is 10.1. The van der Waals surface area contributed by atoms with Crippen molar-refractivity contribution < 1.29 is 9.53 Å². The minimum atomic E-state index is -0.321. The van der Waals surface area contributed by atoms with Crippen molar-refractivity contribution in [1.82, 2.24) is 4.98 Å². The van der Waals surface area contributed by atoms with Crippen LogP contribution in [0.1, 0.15) is 23.7 Å². The fourth-order valence-electron chi connectivity index (χ4n) is 1.36. The van der Waals surface area contributed by atoms with Gasteiger partial charge in [-0.25, -0.2) is 4.98 Å². The van der Waals surface area contributed by atoms with Crippen LogP contribution < -0.4 is 0 Å². The molecule has 0 aromatic carbocycles. The summed E-state index contributed by atoms with van der Waals surface area (Å²) >= 11 is 7.22. The van der Waals surface area contributed by atoms with Gasteiger partial charge in [0.1, 0.15) is 11.1 Å². The summed E-state index contributed by atoms with van der Waals surface area (Å²) in [6.07, 6.45) is 0. The quantitative estimate of drug-likeness (QED) is 0.628. The number of ether oxygens (including phenoxy) is 1. The van der Waals surface area contributed by atoms with Gasteiger partial charge in [-0.2, -0.15) is 5.26 Å². The van der Waals surface area contributed by atoms with Crippen LogP contribution in [0.2, 0.25) is 5.02 Å². The van der Waals surface area contributed by atoms with Crippen LogP contribution >= 0.6 is 23.4 Å². The van der Waals surface area contributed by atoms with Gasteiger partial charge >= 0.3 is 5.97 Å². The third kappa shape index (κ3) is 3.37. The Labute approximate surface area is 115 Å². The van der Waals surface area contributed by atoms with Crippen LogP contribution in [-0.4, -0.2) is 23.3 Å². The highest BCUT2D eigenvalue weighted by Crippen LogP contribution is 2.29. The molecule has 0 aliphatic carbocycles. The second-order valence-corrected chi connectivity index (χ2v) is 4.86. The van der Waals surface area contributed by atoms with E-state index in [2.05, 4.69) is 11.1 Å². The Hall–Kier alpha value is -1.25. The number of halogens is 1. The average molecular weight is 285 g/mol. The third-order valence-corrected chi connectivity index (χ3v) is 3.75. The Balaban J connectivity index is 2.96. The summed E-state index contributed by atoms with van der Waals surface area (Å²) in [5.41, 5.74) is 1.76. The SMILES string of the molecule is CCOC(=O)CSc1nc(C)c(Cl)c(C)c1C#N. The minimum Gasteiger partial charge on any atom is -0.465 e. The zero-order chi connectivity index (χ0) is 13.7. The predicted octanol–water partition coefficient (Wildman–Crippen LogP) is 2.88. The van der Waals surface area contributed by atoms with Gasteiger partial charge in [-0.3, -0.25) is 4.79 Å². The van der Waals surface area contributed by atoms with Crippen LogP contribution in [-0.2, 0) is 9.53 Å². The van der Waals surface area contributed by atoms with Gasteiger partial charge < -0.3 is 4.74 Å². The molecule has 0 aliphatic rings. The normalized spacial score (nSPS) is 9.94. The molecule has 0 N–H and O–H groups in total. The predicted molar refractivity (Wildman–Crippen MR) is 70.8 cm³/mol. The highest BCUT2D eigenvalue weighted by atomic mass is 35.5. The molecule has 18 heavy (non-hydrogen) atoms. The van der Waals surface area contributed by atoms with E-state index in [-0.39, 0.29) is 11.7 Å². The Kier molecular flexibility index (Phi) is 5.45. The van der Waals surface area contributed by atoms with E-state index in [1.54, 1.807) is 20.8 Å². The molecule has 0 amide bonds. The van der Waals surface area contributed by atoms with Gasteiger partial charge in [0.15, 0.2) is 0 Å². The molecule has 1 rings (SSSR count). The van der Waals surface area contributed by atoms with Gasteiger partial charge in [-0.15, -0.1) is 0 Å². The highest BCUT2D eigenvalue weighted by molar-refractivity contribution is 7.99. The Bertz CT molecular complexity index is 512. The van der Waals surface area contributed by atoms with Crippen molar-refractivity contribution in [3.8, 4) is 6.07 Å². The van der Waals surface area contributed by atoms with Crippen molar-refractivity contribution in [2.24, 2.45) is 0 Å². The molecule has 0 radical (unpaired) electrons. The van der Waals surface area contributed by atoms with Crippen molar-refractivity contribution >= 4 is 29.3 Å². The molecule has 0 unspecified atom stereocenters. The first-order chi connectivity index (χ1) is 8.51. The summed E-state index contributed by atoms with van der Waals surface area (Å²) in [7, 11) is 0. The number of pyridine rings is 1. The molecule has 1 aromatic heterocycles. The fourth-order valence-corrected chi connectivity index (χ4v) is 2.38. The number of nitrogens with zero attached hydrogens (tertiary/aromatic N) is 2. The second-order valence-electron chi connectivity index (χ2n) is 3.52. The lowest BCUT2D eigenvalue weighted by atomic mass is 10.1. The number of aromatic nitrogens is 1. The van der Waals surface area contributed by atoms with E-state index in [4.69, 9.17) is 21.6 Å². The van der Waals surface area contributed by atoms with Crippen molar-refractivity contribution in [1.29, 1.82) is 5.26 Å². The van der Waals surface area contributed by atoms with Gasteiger partial charge in [0.2, 0.25) is 0 Å². The van der Waals surface area contributed by atoms with Crippen LogP contribution in [0, 0.1) is 25.2 Å². The summed E-state index contributed by atoms with van der Waals surface area (Å²) in [5.74, 6) is -0.186. The molecule has 0 spiro atoms. The number of carbonyl (C=O) groups excluding carboxylic acids is 1. The van der Waals surface area contributed by atoms with E-state index < -0.39 is 0 Å². The van der Waals surface area contributed by atoms with Crippen molar-refractivity contribution in [3.63, 3.8) is 0 Å². The molecule has 0 atom stereocenters. The molecule has 0 saturated carbocycles. The Morgan fingerprint density at radius 3 is 2.78 bits per heavy atom. The zero-order valence-electron chi connectivity index (χ0n) is 10.4. The molecule has 6 heteroatoms. The van der Waals surface area contributed by atoms with Crippen molar-refractivity contribution in [3.05, 3.63) is 21.8 Å². The van der Waals surface area contributed by atoms with E-state index in [0.717, 1.165) is 0 Å². The van der Waals surface area contributed by atoms with E-state index in [1.165, 1.54) is 11.8 Å². The standard InChI is InChI=1S/C12H13ClN2O2S/c1-4-17-10(16)6-18-12-9(5-14)7(2)11(13)8(3)15-12/h4,6H2,1-3H3. The van der Waals surface area contributed by atoms with Crippen LogP contribution in [0.3, 0.4) is 0 Å². The van der Waals surface area contributed by atoms with Crippen LogP contribution in [0.15, 0.2) is 5.03 Å². The number of aryl methyl sites for hydroxylation is 1. The topological polar surface area (TPSA) is 63.0 Å². The smallest absolute Gasteiger partial charge is 0.316 e. The number of hydrogen-bond acceptors (Lipinski definition) is 5. The number of hydrogen-bond donors (Lipinski definition) is 0. The number of thioether (sulfide) groups is 1. The largest absolute Gasteiger partial charge is 0.465 e. The number of esters is 1. The maximum atomic E-state index is 11.3. The molecule has 1 heterocycles. The van der Waals surface area contributed by atoms with E-state index in [9.17, 15) is 4.79 Å². The fraction of sp³-hybridized carbons (Fsp3) is 0.417.